The molecule has 0 fully saturated rings. The molecule has 2 aromatic rings. The molecule has 0 saturated carbocycles. The van der Waals surface area contributed by atoms with E-state index in [9.17, 15) is 13.2 Å². The van der Waals surface area contributed by atoms with Gasteiger partial charge in [-0.2, -0.15) is 0 Å². The topological polar surface area (TPSA) is 12.0 Å². The van der Waals surface area contributed by atoms with Gasteiger partial charge in [0.1, 0.15) is 0 Å². The molecule has 0 bridgehead atoms. The van der Waals surface area contributed by atoms with Gasteiger partial charge in [0.15, 0.2) is 17.5 Å². The number of hydrogen-bond donors (Lipinski definition) is 1. The Morgan fingerprint density at radius 1 is 0.778 bits per heavy atom. The summed E-state index contributed by atoms with van der Waals surface area (Å²) < 4.78 is 38.6. The summed E-state index contributed by atoms with van der Waals surface area (Å²) in [4.78, 5) is 0. The van der Waals surface area contributed by atoms with Crippen molar-refractivity contribution in [2.24, 2.45) is 0 Å². The Kier molecular flexibility index (Phi) is 3.99. The van der Waals surface area contributed by atoms with Crippen molar-refractivity contribution in [2.75, 3.05) is 0 Å². The fraction of sp³-hybridized carbons (Fsp3) is 0.143. The van der Waals surface area contributed by atoms with Crippen molar-refractivity contribution in [3.05, 3.63) is 71.0 Å². The zero-order valence-electron chi connectivity index (χ0n) is 9.59. The molecule has 0 amide bonds. The first-order valence-electron chi connectivity index (χ1n) is 5.55. The van der Waals surface area contributed by atoms with Crippen LogP contribution < -0.4 is 5.32 Å². The summed E-state index contributed by atoms with van der Waals surface area (Å²) in [6.07, 6.45) is 0. The molecule has 18 heavy (non-hydrogen) atoms. The van der Waals surface area contributed by atoms with Crippen molar-refractivity contribution in [1.29, 1.82) is 0 Å². The first kappa shape index (κ1) is 12.6. The lowest BCUT2D eigenvalue weighted by atomic mass is 10.2. The van der Waals surface area contributed by atoms with Crippen molar-refractivity contribution < 1.29 is 13.2 Å². The molecule has 0 aliphatic rings. The molecule has 0 aliphatic carbocycles. The van der Waals surface area contributed by atoms with Gasteiger partial charge >= 0.3 is 0 Å². The molecule has 0 radical (unpaired) electrons. The highest BCUT2D eigenvalue weighted by atomic mass is 19.2. The van der Waals surface area contributed by atoms with Crippen LogP contribution in [0.2, 0.25) is 0 Å². The second-order valence-corrected chi connectivity index (χ2v) is 3.96. The van der Waals surface area contributed by atoms with Crippen LogP contribution in [0, 0.1) is 17.5 Å². The van der Waals surface area contributed by atoms with E-state index in [-0.39, 0.29) is 6.54 Å². The van der Waals surface area contributed by atoms with E-state index in [4.69, 9.17) is 0 Å². The molecule has 0 heterocycles. The monoisotopic (exact) mass is 251 g/mol. The first-order valence-corrected chi connectivity index (χ1v) is 5.55. The maximum absolute atomic E-state index is 12.9. The average Bonchev–Trinajstić information content (AvgIpc) is 2.37. The highest BCUT2D eigenvalue weighted by Gasteiger charge is 2.09. The molecule has 0 unspecified atom stereocenters. The van der Waals surface area contributed by atoms with Crippen LogP contribution >= 0.6 is 0 Å². The van der Waals surface area contributed by atoms with Crippen molar-refractivity contribution in [2.45, 2.75) is 13.1 Å². The van der Waals surface area contributed by atoms with Gasteiger partial charge in [-0.1, -0.05) is 30.3 Å². The van der Waals surface area contributed by atoms with Gasteiger partial charge in [-0.05, 0) is 23.3 Å². The molecule has 1 nitrogen and oxygen atoms in total. The maximum atomic E-state index is 12.9. The lowest BCUT2D eigenvalue weighted by molar-refractivity contribution is 0.444. The van der Waals surface area contributed by atoms with Gasteiger partial charge in [0.05, 0.1) is 0 Å². The van der Waals surface area contributed by atoms with E-state index in [2.05, 4.69) is 5.32 Å². The Morgan fingerprint density at radius 3 is 1.94 bits per heavy atom. The Bertz CT molecular complexity index is 503. The standard InChI is InChI=1S/C14H12F3N/c15-12-6-11(7-13(16)14(12)17)9-18-8-10-4-2-1-3-5-10/h1-7,18H,8-9H2. The summed E-state index contributed by atoms with van der Waals surface area (Å²) in [6.45, 7) is 0.866. The molecule has 0 atom stereocenters. The van der Waals surface area contributed by atoms with Crippen molar-refractivity contribution >= 4 is 0 Å². The lowest BCUT2D eigenvalue weighted by Crippen LogP contribution is -2.13. The fourth-order valence-electron chi connectivity index (χ4n) is 1.66. The third kappa shape index (κ3) is 3.11. The smallest absolute Gasteiger partial charge is 0.194 e. The minimum absolute atomic E-state index is 0.281. The molecular weight excluding hydrogens is 239 g/mol. The highest BCUT2D eigenvalue weighted by Crippen LogP contribution is 2.13. The van der Waals surface area contributed by atoms with Gasteiger partial charge in [-0.15, -0.1) is 0 Å². The van der Waals surface area contributed by atoms with Gasteiger partial charge in [0.2, 0.25) is 0 Å². The van der Waals surface area contributed by atoms with E-state index in [1.807, 2.05) is 30.3 Å². The van der Waals surface area contributed by atoms with E-state index >= 15 is 0 Å². The molecule has 0 spiro atoms. The lowest BCUT2D eigenvalue weighted by Gasteiger charge is -2.06. The van der Waals surface area contributed by atoms with Crippen molar-refractivity contribution in [3.63, 3.8) is 0 Å². The minimum atomic E-state index is -1.43. The second kappa shape index (κ2) is 5.69. The van der Waals surface area contributed by atoms with E-state index in [1.165, 1.54) is 0 Å². The summed E-state index contributed by atoms with van der Waals surface area (Å²) >= 11 is 0. The Labute approximate surface area is 103 Å². The molecule has 2 rings (SSSR count). The number of nitrogens with one attached hydrogen (secondary N) is 1. The Balaban J connectivity index is 1.95. The van der Waals surface area contributed by atoms with Crippen LogP contribution in [-0.4, -0.2) is 0 Å². The van der Waals surface area contributed by atoms with Gasteiger partial charge < -0.3 is 5.32 Å². The average molecular weight is 251 g/mol. The Hall–Kier alpha value is -1.81. The van der Waals surface area contributed by atoms with E-state index < -0.39 is 17.5 Å². The quantitative estimate of drug-likeness (QED) is 0.821. The van der Waals surface area contributed by atoms with E-state index in [0.29, 0.717) is 12.1 Å². The predicted molar refractivity (Wildman–Crippen MR) is 63.3 cm³/mol. The number of hydrogen-bond acceptors (Lipinski definition) is 1. The molecule has 2 aromatic carbocycles. The van der Waals surface area contributed by atoms with E-state index in [0.717, 1.165) is 17.7 Å². The largest absolute Gasteiger partial charge is 0.309 e. The van der Waals surface area contributed by atoms with Crippen LogP contribution in [0.1, 0.15) is 11.1 Å². The molecular formula is C14H12F3N. The van der Waals surface area contributed by atoms with Crippen LogP contribution in [0.5, 0.6) is 0 Å². The second-order valence-electron chi connectivity index (χ2n) is 3.96. The summed E-state index contributed by atoms with van der Waals surface area (Å²) in [5.41, 5.74) is 1.45. The van der Waals surface area contributed by atoms with Crippen LogP contribution in [0.4, 0.5) is 13.2 Å². The van der Waals surface area contributed by atoms with Crippen molar-refractivity contribution in [3.8, 4) is 0 Å². The predicted octanol–water partition coefficient (Wildman–Crippen LogP) is 3.39. The zero-order chi connectivity index (χ0) is 13.0. The zero-order valence-corrected chi connectivity index (χ0v) is 9.59. The molecule has 0 aromatic heterocycles. The highest BCUT2D eigenvalue weighted by molar-refractivity contribution is 5.20. The minimum Gasteiger partial charge on any atom is -0.309 e. The number of benzene rings is 2. The molecule has 1 N–H and O–H groups in total. The molecule has 94 valence electrons. The Morgan fingerprint density at radius 2 is 1.33 bits per heavy atom. The summed E-state index contributed by atoms with van der Waals surface area (Å²) in [5.74, 6) is -3.75. The number of halogens is 3. The van der Waals surface area contributed by atoms with Crippen LogP contribution in [0.25, 0.3) is 0 Å². The summed E-state index contributed by atoms with van der Waals surface area (Å²) in [6, 6.07) is 11.6. The molecule has 0 saturated heterocycles. The summed E-state index contributed by atoms with van der Waals surface area (Å²) in [7, 11) is 0. The first-order chi connectivity index (χ1) is 8.66. The van der Waals surface area contributed by atoms with Crippen LogP contribution in [0.15, 0.2) is 42.5 Å². The molecule has 0 aliphatic heterocycles. The maximum Gasteiger partial charge on any atom is 0.194 e. The van der Waals surface area contributed by atoms with E-state index in [1.54, 1.807) is 0 Å². The molecule has 4 heteroatoms. The fourth-order valence-corrected chi connectivity index (χ4v) is 1.66. The third-order valence-corrected chi connectivity index (χ3v) is 2.54. The van der Waals surface area contributed by atoms with Gasteiger partial charge in [0, 0.05) is 13.1 Å². The van der Waals surface area contributed by atoms with Crippen LogP contribution in [0.3, 0.4) is 0 Å². The van der Waals surface area contributed by atoms with Crippen molar-refractivity contribution in [1.82, 2.24) is 5.32 Å². The van der Waals surface area contributed by atoms with Gasteiger partial charge in [0.25, 0.3) is 0 Å². The number of rotatable bonds is 4. The van der Waals surface area contributed by atoms with Crippen LogP contribution in [-0.2, 0) is 13.1 Å². The normalized spacial score (nSPS) is 10.6. The van der Waals surface area contributed by atoms with Gasteiger partial charge in [-0.25, -0.2) is 13.2 Å². The third-order valence-electron chi connectivity index (χ3n) is 2.54. The SMILES string of the molecule is Fc1cc(CNCc2ccccc2)cc(F)c1F. The summed E-state index contributed by atoms with van der Waals surface area (Å²) in [5, 5.41) is 3.04. The van der Waals surface area contributed by atoms with Gasteiger partial charge in [-0.3, -0.25) is 0 Å².